The Morgan fingerprint density at radius 1 is 1.23 bits per heavy atom. The van der Waals surface area contributed by atoms with Crippen molar-refractivity contribution in [2.75, 3.05) is 31.1 Å². The molecule has 11 nitrogen and oxygen atoms in total. The first-order valence-electron chi connectivity index (χ1n) is 10.2. The first-order valence-corrected chi connectivity index (χ1v) is 10.2. The monoisotopic (exact) mass is 427 g/mol. The van der Waals surface area contributed by atoms with Gasteiger partial charge in [0.15, 0.2) is 0 Å². The van der Waals surface area contributed by atoms with Crippen LogP contribution >= 0.6 is 0 Å². The summed E-state index contributed by atoms with van der Waals surface area (Å²) in [4.78, 5) is 38.5. The van der Waals surface area contributed by atoms with Crippen molar-refractivity contribution in [1.29, 1.82) is 0 Å². The molecule has 1 spiro atoms. The number of carbonyl (C=O) groups excluding carboxylic acids is 2. The highest BCUT2D eigenvalue weighted by atomic mass is 16.5. The molecule has 0 aromatic carbocycles. The third-order valence-corrected chi connectivity index (χ3v) is 5.69. The summed E-state index contributed by atoms with van der Waals surface area (Å²) in [7, 11) is 0. The molecule has 164 valence electrons. The van der Waals surface area contributed by atoms with E-state index in [0.29, 0.717) is 37.6 Å². The predicted octanol–water partition coefficient (Wildman–Crippen LogP) is 0.248. The van der Waals surface area contributed by atoms with Crippen molar-refractivity contribution in [3.8, 4) is 11.6 Å². The maximum atomic E-state index is 12.7. The first-order chi connectivity index (χ1) is 14.8. The SMILES string of the molecule is Nc1nc(N)c2c(n1)O[C@@]1(CCCN(C(=O)CCNC(=O)c3cncc(O)c3)CC1)C2. The highest BCUT2D eigenvalue weighted by Crippen LogP contribution is 2.42. The van der Waals surface area contributed by atoms with Gasteiger partial charge in [0, 0.05) is 45.1 Å². The van der Waals surface area contributed by atoms with E-state index in [-0.39, 0.29) is 42.0 Å². The third kappa shape index (κ3) is 4.44. The normalized spacial score (nSPS) is 20.1. The Kier molecular flexibility index (Phi) is 5.49. The number of likely N-dealkylation sites (tertiary alicyclic amines) is 1. The number of hydrogen-bond acceptors (Lipinski definition) is 9. The summed E-state index contributed by atoms with van der Waals surface area (Å²) >= 11 is 0. The van der Waals surface area contributed by atoms with Crippen LogP contribution in [0.25, 0.3) is 0 Å². The molecule has 0 saturated carbocycles. The molecule has 31 heavy (non-hydrogen) atoms. The molecule has 4 rings (SSSR count). The second-order valence-corrected chi connectivity index (χ2v) is 7.88. The van der Waals surface area contributed by atoms with E-state index in [1.54, 1.807) is 4.90 Å². The molecule has 2 amide bonds. The fourth-order valence-electron chi connectivity index (χ4n) is 4.10. The van der Waals surface area contributed by atoms with E-state index in [0.717, 1.165) is 18.4 Å². The van der Waals surface area contributed by atoms with Gasteiger partial charge in [0.25, 0.3) is 5.91 Å². The van der Waals surface area contributed by atoms with E-state index in [2.05, 4.69) is 20.3 Å². The van der Waals surface area contributed by atoms with E-state index in [1.165, 1.54) is 18.5 Å². The molecule has 2 aromatic heterocycles. The Labute approximate surface area is 178 Å². The number of anilines is 2. The van der Waals surface area contributed by atoms with Gasteiger partial charge in [-0.15, -0.1) is 0 Å². The van der Waals surface area contributed by atoms with Gasteiger partial charge in [-0.05, 0) is 18.9 Å². The molecule has 0 aliphatic carbocycles. The lowest BCUT2D eigenvalue weighted by Gasteiger charge is -2.27. The Morgan fingerprint density at radius 3 is 2.87 bits per heavy atom. The van der Waals surface area contributed by atoms with E-state index < -0.39 is 5.60 Å². The van der Waals surface area contributed by atoms with Crippen molar-refractivity contribution in [1.82, 2.24) is 25.2 Å². The smallest absolute Gasteiger partial charge is 0.252 e. The Morgan fingerprint density at radius 2 is 2.06 bits per heavy atom. The van der Waals surface area contributed by atoms with Crippen LogP contribution in [-0.4, -0.2) is 62.0 Å². The number of aromatic hydroxyl groups is 1. The Bertz CT molecular complexity index is 1020. The Hall–Kier alpha value is -3.63. The van der Waals surface area contributed by atoms with Gasteiger partial charge in [-0.1, -0.05) is 0 Å². The number of pyridine rings is 1. The lowest BCUT2D eigenvalue weighted by molar-refractivity contribution is -0.131. The molecule has 1 atom stereocenters. The highest BCUT2D eigenvalue weighted by Gasteiger charge is 2.43. The molecule has 2 aliphatic rings. The van der Waals surface area contributed by atoms with Crippen molar-refractivity contribution in [2.45, 2.75) is 37.7 Å². The maximum Gasteiger partial charge on any atom is 0.252 e. The van der Waals surface area contributed by atoms with Crippen LogP contribution < -0.4 is 21.5 Å². The molecular weight excluding hydrogens is 402 g/mol. The number of ether oxygens (including phenoxy) is 1. The fourth-order valence-corrected chi connectivity index (χ4v) is 4.10. The van der Waals surface area contributed by atoms with Gasteiger partial charge in [0.2, 0.25) is 17.7 Å². The van der Waals surface area contributed by atoms with Crippen LogP contribution in [0.4, 0.5) is 11.8 Å². The quantitative estimate of drug-likeness (QED) is 0.534. The van der Waals surface area contributed by atoms with E-state index in [4.69, 9.17) is 16.2 Å². The van der Waals surface area contributed by atoms with E-state index >= 15 is 0 Å². The summed E-state index contributed by atoms with van der Waals surface area (Å²) < 4.78 is 6.14. The van der Waals surface area contributed by atoms with Gasteiger partial charge in [-0.2, -0.15) is 9.97 Å². The van der Waals surface area contributed by atoms with Crippen LogP contribution in [-0.2, 0) is 11.2 Å². The fraction of sp³-hybridized carbons (Fsp3) is 0.450. The second kappa shape index (κ2) is 8.25. The van der Waals surface area contributed by atoms with Crippen LogP contribution in [0.15, 0.2) is 18.5 Å². The summed E-state index contributed by atoms with van der Waals surface area (Å²) in [6, 6.07) is 1.32. The van der Waals surface area contributed by atoms with Crippen LogP contribution in [0.5, 0.6) is 11.6 Å². The molecule has 2 aromatic rings. The third-order valence-electron chi connectivity index (χ3n) is 5.69. The van der Waals surface area contributed by atoms with Gasteiger partial charge < -0.3 is 31.5 Å². The largest absolute Gasteiger partial charge is 0.506 e. The molecule has 0 radical (unpaired) electrons. The minimum absolute atomic E-state index is 0.0366. The summed E-state index contributed by atoms with van der Waals surface area (Å²) in [5.41, 5.74) is 12.2. The van der Waals surface area contributed by atoms with Crippen molar-refractivity contribution >= 4 is 23.6 Å². The van der Waals surface area contributed by atoms with Gasteiger partial charge >= 0.3 is 0 Å². The minimum atomic E-state index is -0.454. The zero-order valence-electron chi connectivity index (χ0n) is 17.0. The number of nitrogens with two attached hydrogens (primary N) is 2. The number of carbonyl (C=O) groups is 2. The molecule has 6 N–H and O–H groups in total. The molecule has 11 heteroatoms. The molecule has 1 fully saturated rings. The van der Waals surface area contributed by atoms with Gasteiger partial charge in [-0.25, -0.2) is 0 Å². The summed E-state index contributed by atoms with van der Waals surface area (Å²) in [6.07, 6.45) is 5.59. The standard InChI is InChI=1S/C20H25N7O4/c21-16-14-9-20(31-18(14)26-19(22)25-16)3-1-6-27(7-4-20)15(29)2-5-24-17(30)12-8-13(28)11-23-10-12/h8,10-11,28H,1-7,9H2,(H,24,30)(H4,21,22,25,26)/t20-/m1/s1. The molecule has 4 heterocycles. The maximum absolute atomic E-state index is 12.7. The van der Waals surface area contributed by atoms with Crippen molar-refractivity contribution in [3.63, 3.8) is 0 Å². The van der Waals surface area contributed by atoms with Gasteiger partial charge in [0.1, 0.15) is 17.2 Å². The van der Waals surface area contributed by atoms with Gasteiger partial charge in [0.05, 0.1) is 17.3 Å². The lowest BCUT2D eigenvalue weighted by Crippen LogP contribution is -2.38. The molecule has 0 bridgehead atoms. The highest BCUT2D eigenvalue weighted by molar-refractivity contribution is 5.94. The molecule has 2 aliphatic heterocycles. The number of amides is 2. The summed E-state index contributed by atoms with van der Waals surface area (Å²) in [5, 5.41) is 12.1. The molecular formula is C20H25N7O4. The first kappa shape index (κ1) is 20.6. The number of nitrogens with zero attached hydrogens (tertiary/aromatic N) is 4. The number of aromatic nitrogens is 3. The van der Waals surface area contributed by atoms with Crippen molar-refractivity contribution < 1.29 is 19.4 Å². The summed E-state index contributed by atoms with van der Waals surface area (Å²) in [5.74, 6) is 0.353. The Balaban J connectivity index is 1.29. The van der Waals surface area contributed by atoms with Crippen molar-refractivity contribution in [3.05, 3.63) is 29.6 Å². The average molecular weight is 427 g/mol. The number of fused-ring (bicyclic) bond motifs is 1. The number of hydrogen-bond donors (Lipinski definition) is 4. The zero-order chi connectivity index (χ0) is 22.0. The van der Waals surface area contributed by atoms with Crippen LogP contribution in [0.1, 0.15) is 41.6 Å². The van der Waals surface area contributed by atoms with E-state index in [1.807, 2.05) is 0 Å². The zero-order valence-corrected chi connectivity index (χ0v) is 17.0. The number of rotatable bonds is 4. The summed E-state index contributed by atoms with van der Waals surface area (Å²) in [6.45, 7) is 1.36. The van der Waals surface area contributed by atoms with Crippen LogP contribution in [0.3, 0.4) is 0 Å². The van der Waals surface area contributed by atoms with Crippen LogP contribution in [0.2, 0.25) is 0 Å². The molecule has 0 unspecified atom stereocenters. The van der Waals surface area contributed by atoms with Gasteiger partial charge in [-0.3, -0.25) is 14.6 Å². The van der Waals surface area contributed by atoms with Crippen molar-refractivity contribution in [2.24, 2.45) is 0 Å². The number of nitrogens with one attached hydrogen (secondary N) is 1. The molecule has 1 saturated heterocycles. The number of nitrogen functional groups attached to an aromatic ring is 2. The second-order valence-electron chi connectivity index (χ2n) is 7.88. The van der Waals surface area contributed by atoms with E-state index in [9.17, 15) is 14.7 Å². The average Bonchev–Trinajstić information content (AvgIpc) is 2.95. The predicted molar refractivity (Wildman–Crippen MR) is 111 cm³/mol. The lowest BCUT2D eigenvalue weighted by atomic mass is 9.90. The van der Waals surface area contributed by atoms with Crippen LogP contribution in [0, 0.1) is 0 Å². The topological polar surface area (TPSA) is 170 Å². The minimum Gasteiger partial charge on any atom is -0.506 e.